The van der Waals surface area contributed by atoms with Crippen molar-refractivity contribution in [2.24, 2.45) is 4.99 Å². The summed E-state index contributed by atoms with van der Waals surface area (Å²) in [6.45, 7) is 4.49. The van der Waals surface area contributed by atoms with E-state index in [2.05, 4.69) is 30.8 Å². The van der Waals surface area contributed by atoms with Gasteiger partial charge in [0.2, 0.25) is 0 Å². The van der Waals surface area contributed by atoms with E-state index in [0.29, 0.717) is 0 Å². The molecular weight excluding hydrogens is 204 g/mol. The Kier molecular flexibility index (Phi) is 2.74. The van der Waals surface area contributed by atoms with Gasteiger partial charge in [0.05, 0.1) is 5.69 Å². The van der Waals surface area contributed by atoms with Crippen molar-refractivity contribution < 1.29 is 0 Å². The van der Waals surface area contributed by atoms with Crippen molar-refractivity contribution >= 4 is 22.6 Å². The molecule has 1 aliphatic heterocycles. The summed E-state index contributed by atoms with van der Waals surface area (Å²) in [6, 6.07) is 10.1. The maximum atomic E-state index is 4.64. The molecule has 1 saturated heterocycles. The molecule has 0 spiro atoms. The van der Waals surface area contributed by atoms with Gasteiger partial charge in [-0.1, -0.05) is 30.0 Å². The molecule has 80 valence electrons. The minimum Gasteiger partial charge on any atom is -0.348 e. The van der Waals surface area contributed by atoms with Crippen LogP contribution in [-0.4, -0.2) is 28.4 Å². The second kappa shape index (κ2) is 3.89. The highest BCUT2D eigenvalue weighted by atomic mass is 32.2. The molecular formula is C12H16N2S. The molecule has 2 nitrogen and oxygen atoms in total. The largest absolute Gasteiger partial charge is 0.348 e. The fourth-order valence-corrected chi connectivity index (χ4v) is 2.70. The minimum atomic E-state index is 0.221. The lowest BCUT2D eigenvalue weighted by Gasteiger charge is -2.27. The van der Waals surface area contributed by atoms with Crippen LogP contribution in [0.1, 0.15) is 13.8 Å². The molecule has 2 rings (SSSR count). The lowest BCUT2D eigenvalue weighted by atomic mass is 10.1. The van der Waals surface area contributed by atoms with Crippen molar-refractivity contribution in [1.82, 2.24) is 4.90 Å². The van der Waals surface area contributed by atoms with Crippen LogP contribution in [0.25, 0.3) is 0 Å². The molecule has 1 fully saturated rings. The number of rotatable bonds is 1. The van der Waals surface area contributed by atoms with Crippen molar-refractivity contribution in [2.75, 3.05) is 12.8 Å². The first kappa shape index (κ1) is 10.6. The van der Waals surface area contributed by atoms with Crippen molar-refractivity contribution in [3.63, 3.8) is 0 Å². The van der Waals surface area contributed by atoms with Gasteiger partial charge in [0.25, 0.3) is 0 Å². The predicted octanol–water partition coefficient (Wildman–Crippen LogP) is 3.13. The quantitative estimate of drug-likeness (QED) is 0.722. The summed E-state index contributed by atoms with van der Waals surface area (Å²) in [6.07, 6.45) is 0. The van der Waals surface area contributed by atoms with Crippen LogP contribution in [0, 0.1) is 0 Å². The summed E-state index contributed by atoms with van der Waals surface area (Å²) in [5, 5.41) is 1.12. The Hall–Kier alpha value is -0.960. The Balaban J connectivity index is 2.23. The van der Waals surface area contributed by atoms with E-state index in [1.807, 2.05) is 42.1 Å². The molecule has 0 N–H and O–H groups in total. The van der Waals surface area contributed by atoms with E-state index in [4.69, 9.17) is 0 Å². The third-order valence-corrected chi connectivity index (χ3v) is 4.20. The number of thioether (sulfide) groups is 1. The Morgan fingerprint density at radius 3 is 2.47 bits per heavy atom. The Labute approximate surface area is 95.4 Å². The average molecular weight is 220 g/mol. The smallest absolute Gasteiger partial charge is 0.164 e. The zero-order valence-electron chi connectivity index (χ0n) is 9.40. The van der Waals surface area contributed by atoms with Gasteiger partial charge in [0.1, 0.15) is 0 Å². The lowest BCUT2D eigenvalue weighted by molar-refractivity contribution is 0.304. The van der Waals surface area contributed by atoms with Crippen molar-refractivity contribution in [2.45, 2.75) is 19.4 Å². The standard InChI is InChI=1S/C12H16N2S/c1-12(2)9-15-11(14(12)3)13-10-7-5-4-6-8-10/h4-8H,9H2,1-3H3. The molecule has 3 heteroatoms. The summed E-state index contributed by atoms with van der Waals surface area (Å²) < 4.78 is 0. The highest BCUT2D eigenvalue weighted by Gasteiger charge is 2.33. The van der Waals surface area contributed by atoms with Gasteiger partial charge in [-0.25, -0.2) is 4.99 Å². The van der Waals surface area contributed by atoms with Crippen LogP contribution in [-0.2, 0) is 0 Å². The van der Waals surface area contributed by atoms with Gasteiger partial charge in [-0.05, 0) is 26.0 Å². The number of hydrogen-bond donors (Lipinski definition) is 0. The van der Waals surface area contributed by atoms with Gasteiger partial charge < -0.3 is 4.90 Å². The highest BCUT2D eigenvalue weighted by Crippen LogP contribution is 2.32. The number of aliphatic imine (C=N–C) groups is 1. The van der Waals surface area contributed by atoms with Crippen LogP contribution in [0.2, 0.25) is 0 Å². The maximum absolute atomic E-state index is 4.64. The van der Waals surface area contributed by atoms with Crippen LogP contribution in [0.3, 0.4) is 0 Å². The second-order valence-corrected chi connectivity index (χ2v) is 5.33. The zero-order valence-corrected chi connectivity index (χ0v) is 10.2. The van der Waals surface area contributed by atoms with Crippen LogP contribution < -0.4 is 0 Å². The molecule has 1 aromatic rings. The van der Waals surface area contributed by atoms with E-state index >= 15 is 0 Å². The predicted molar refractivity (Wildman–Crippen MR) is 67.8 cm³/mol. The van der Waals surface area contributed by atoms with Crippen molar-refractivity contribution in [3.05, 3.63) is 30.3 Å². The third kappa shape index (κ3) is 2.17. The van der Waals surface area contributed by atoms with Gasteiger partial charge >= 0.3 is 0 Å². The first-order valence-electron chi connectivity index (χ1n) is 5.10. The van der Waals surface area contributed by atoms with Crippen LogP contribution in [0.4, 0.5) is 5.69 Å². The van der Waals surface area contributed by atoms with E-state index in [-0.39, 0.29) is 5.54 Å². The van der Waals surface area contributed by atoms with Gasteiger partial charge in [-0.3, -0.25) is 0 Å². The van der Waals surface area contributed by atoms with Gasteiger partial charge in [-0.2, -0.15) is 0 Å². The molecule has 0 aliphatic carbocycles. The number of nitrogens with zero attached hydrogens (tertiary/aromatic N) is 2. The molecule has 0 unspecified atom stereocenters. The molecule has 0 amide bonds. The van der Waals surface area contributed by atoms with E-state index < -0.39 is 0 Å². The molecule has 0 radical (unpaired) electrons. The molecule has 0 saturated carbocycles. The number of amidine groups is 1. The normalized spacial score (nSPS) is 22.3. The first-order valence-corrected chi connectivity index (χ1v) is 6.08. The third-order valence-electron chi connectivity index (χ3n) is 2.73. The summed E-state index contributed by atoms with van der Waals surface area (Å²) in [4.78, 5) is 6.89. The number of hydrogen-bond acceptors (Lipinski definition) is 2. The van der Waals surface area contributed by atoms with Gasteiger partial charge in [0.15, 0.2) is 5.17 Å². The maximum Gasteiger partial charge on any atom is 0.164 e. The number of para-hydroxylation sites is 1. The van der Waals surface area contributed by atoms with Crippen molar-refractivity contribution in [3.8, 4) is 0 Å². The first-order chi connectivity index (χ1) is 7.09. The van der Waals surface area contributed by atoms with E-state index in [1.54, 1.807) is 0 Å². The summed E-state index contributed by atoms with van der Waals surface area (Å²) in [5.74, 6) is 1.11. The Bertz CT molecular complexity index is 370. The topological polar surface area (TPSA) is 15.6 Å². The van der Waals surface area contributed by atoms with Crippen molar-refractivity contribution in [1.29, 1.82) is 0 Å². The fraction of sp³-hybridized carbons (Fsp3) is 0.417. The van der Waals surface area contributed by atoms with E-state index in [0.717, 1.165) is 16.6 Å². The fourth-order valence-electron chi connectivity index (χ4n) is 1.41. The Morgan fingerprint density at radius 2 is 1.93 bits per heavy atom. The zero-order chi connectivity index (χ0) is 10.9. The second-order valence-electron chi connectivity index (χ2n) is 4.39. The average Bonchev–Trinajstić information content (AvgIpc) is 2.47. The summed E-state index contributed by atoms with van der Waals surface area (Å²) in [7, 11) is 2.11. The van der Waals surface area contributed by atoms with Gasteiger partial charge in [0, 0.05) is 18.3 Å². The van der Waals surface area contributed by atoms with E-state index in [1.165, 1.54) is 0 Å². The van der Waals surface area contributed by atoms with Crippen LogP contribution in [0.15, 0.2) is 35.3 Å². The highest BCUT2D eigenvalue weighted by molar-refractivity contribution is 8.14. The lowest BCUT2D eigenvalue weighted by Crippen LogP contribution is -2.38. The minimum absolute atomic E-state index is 0.221. The summed E-state index contributed by atoms with van der Waals surface area (Å²) in [5.41, 5.74) is 1.25. The molecule has 0 atom stereocenters. The Morgan fingerprint density at radius 1 is 1.27 bits per heavy atom. The molecule has 1 heterocycles. The van der Waals surface area contributed by atoms with E-state index in [9.17, 15) is 0 Å². The summed E-state index contributed by atoms with van der Waals surface area (Å²) >= 11 is 1.83. The molecule has 0 aromatic heterocycles. The SMILES string of the molecule is CN1C(=Nc2ccccc2)SCC1(C)C. The van der Waals surface area contributed by atoms with Crippen LogP contribution >= 0.6 is 11.8 Å². The monoisotopic (exact) mass is 220 g/mol. The molecule has 15 heavy (non-hydrogen) atoms. The van der Waals surface area contributed by atoms with Gasteiger partial charge in [-0.15, -0.1) is 0 Å². The van der Waals surface area contributed by atoms with Crippen LogP contribution in [0.5, 0.6) is 0 Å². The molecule has 0 bridgehead atoms. The molecule has 1 aliphatic rings. The number of benzene rings is 1. The molecule has 1 aromatic carbocycles.